The average molecular weight is 242 g/mol. The summed E-state index contributed by atoms with van der Waals surface area (Å²) in [6.45, 7) is 4.25. The highest BCUT2D eigenvalue weighted by atomic mass is 16.5. The van der Waals surface area contributed by atoms with Crippen molar-refractivity contribution in [2.24, 2.45) is 0 Å². The van der Waals surface area contributed by atoms with Crippen LogP contribution in [0.15, 0.2) is 36.5 Å². The van der Waals surface area contributed by atoms with E-state index in [1.807, 2.05) is 24.4 Å². The van der Waals surface area contributed by atoms with Gasteiger partial charge in [-0.25, -0.2) is 0 Å². The molecule has 0 aliphatic carbocycles. The number of hydrogen-bond acceptors (Lipinski definition) is 3. The number of pyridine rings is 1. The van der Waals surface area contributed by atoms with Gasteiger partial charge in [0.1, 0.15) is 11.4 Å². The maximum atomic E-state index is 6.17. The Morgan fingerprint density at radius 3 is 2.89 bits per heavy atom. The van der Waals surface area contributed by atoms with Crippen LogP contribution >= 0.6 is 0 Å². The highest BCUT2D eigenvalue weighted by Gasteiger charge is 2.28. The number of ether oxygens (including phenoxy) is 1. The van der Waals surface area contributed by atoms with E-state index in [0.29, 0.717) is 0 Å². The van der Waals surface area contributed by atoms with Gasteiger partial charge in [0, 0.05) is 17.6 Å². The standard InChI is InChI=1S/C15H18N2O/c1-15(6-9-16-10-7-15)18-13-5-4-12-3-2-8-17-14(12)11-13/h2-5,8,11,16H,6-7,9-10H2,1H3. The fourth-order valence-corrected chi connectivity index (χ4v) is 2.45. The van der Waals surface area contributed by atoms with Gasteiger partial charge in [0.2, 0.25) is 0 Å². The zero-order chi connectivity index (χ0) is 12.4. The largest absolute Gasteiger partial charge is 0.487 e. The Morgan fingerprint density at radius 1 is 1.22 bits per heavy atom. The first-order valence-electron chi connectivity index (χ1n) is 6.50. The zero-order valence-corrected chi connectivity index (χ0v) is 10.6. The maximum absolute atomic E-state index is 6.17. The fraction of sp³-hybridized carbons (Fsp3) is 0.400. The molecule has 3 rings (SSSR count). The topological polar surface area (TPSA) is 34.1 Å². The number of hydrogen-bond donors (Lipinski definition) is 1. The third-order valence-electron chi connectivity index (χ3n) is 3.60. The van der Waals surface area contributed by atoms with Gasteiger partial charge in [0.05, 0.1) is 5.52 Å². The van der Waals surface area contributed by atoms with Gasteiger partial charge in [-0.2, -0.15) is 0 Å². The SMILES string of the molecule is CC1(Oc2ccc3cccnc3c2)CCNCC1. The lowest BCUT2D eigenvalue weighted by Gasteiger charge is -2.34. The highest BCUT2D eigenvalue weighted by Crippen LogP contribution is 2.27. The quantitative estimate of drug-likeness (QED) is 0.879. The molecule has 0 atom stereocenters. The second kappa shape index (κ2) is 4.58. The van der Waals surface area contributed by atoms with Crippen LogP contribution in [0.3, 0.4) is 0 Å². The summed E-state index contributed by atoms with van der Waals surface area (Å²) in [5, 5.41) is 4.52. The predicted octanol–water partition coefficient (Wildman–Crippen LogP) is 2.76. The third-order valence-corrected chi connectivity index (χ3v) is 3.60. The summed E-state index contributed by atoms with van der Waals surface area (Å²) in [7, 11) is 0. The first-order chi connectivity index (χ1) is 8.75. The van der Waals surface area contributed by atoms with Crippen molar-refractivity contribution in [1.29, 1.82) is 0 Å². The fourth-order valence-electron chi connectivity index (χ4n) is 2.45. The lowest BCUT2D eigenvalue weighted by Crippen LogP contribution is -2.43. The van der Waals surface area contributed by atoms with E-state index in [4.69, 9.17) is 4.74 Å². The highest BCUT2D eigenvalue weighted by molar-refractivity contribution is 5.79. The number of nitrogens with one attached hydrogen (secondary N) is 1. The minimum atomic E-state index is -0.0479. The van der Waals surface area contributed by atoms with E-state index in [1.165, 1.54) is 0 Å². The minimum absolute atomic E-state index is 0.0479. The van der Waals surface area contributed by atoms with Crippen molar-refractivity contribution in [2.45, 2.75) is 25.4 Å². The summed E-state index contributed by atoms with van der Waals surface area (Å²) in [5.41, 5.74) is 0.945. The zero-order valence-electron chi connectivity index (χ0n) is 10.6. The molecule has 2 heterocycles. The van der Waals surface area contributed by atoms with Crippen LogP contribution in [0.4, 0.5) is 0 Å². The minimum Gasteiger partial charge on any atom is -0.487 e. The molecule has 1 N–H and O–H groups in total. The van der Waals surface area contributed by atoms with Gasteiger partial charge in [0.25, 0.3) is 0 Å². The number of fused-ring (bicyclic) bond motifs is 1. The van der Waals surface area contributed by atoms with Crippen molar-refractivity contribution in [1.82, 2.24) is 10.3 Å². The molecule has 3 heteroatoms. The molecule has 1 aromatic carbocycles. The Kier molecular flexibility index (Phi) is 2.92. The smallest absolute Gasteiger partial charge is 0.122 e. The summed E-state index contributed by atoms with van der Waals surface area (Å²) in [4.78, 5) is 4.37. The molecular formula is C15H18N2O. The number of piperidine rings is 1. The van der Waals surface area contributed by atoms with E-state index < -0.39 is 0 Å². The van der Waals surface area contributed by atoms with Crippen LogP contribution in [0.25, 0.3) is 10.9 Å². The van der Waals surface area contributed by atoms with E-state index >= 15 is 0 Å². The van der Waals surface area contributed by atoms with Crippen LogP contribution < -0.4 is 10.1 Å². The van der Waals surface area contributed by atoms with E-state index in [-0.39, 0.29) is 5.60 Å². The monoisotopic (exact) mass is 242 g/mol. The van der Waals surface area contributed by atoms with Gasteiger partial charge >= 0.3 is 0 Å². The molecule has 0 amide bonds. The van der Waals surface area contributed by atoms with Crippen LogP contribution in [0.2, 0.25) is 0 Å². The van der Waals surface area contributed by atoms with E-state index in [0.717, 1.165) is 42.6 Å². The summed E-state index contributed by atoms with van der Waals surface area (Å²) in [6, 6.07) is 10.2. The molecule has 1 aliphatic rings. The Hall–Kier alpha value is -1.61. The molecule has 94 valence electrons. The molecule has 3 nitrogen and oxygen atoms in total. The first kappa shape index (κ1) is 11.5. The maximum Gasteiger partial charge on any atom is 0.122 e. The lowest BCUT2D eigenvalue weighted by molar-refractivity contribution is 0.0557. The van der Waals surface area contributed by atoms with Crippen LogP contribution in [-0.4, -0.2) is 23.7 Å². The average Bonchev–Trinajstić information content (AvgIpc) is 2.39. The van der Waals surface area contributed by atoms with Crippen molar-refractivity contribution in [2.75, 3.05) is 13.1 Å². The van der Waals surface area contributed by atoms with Crippen LogP contribution in [-0.2, 0) is 0 Å². The Morgan fingerprint density at radius 2 is 2.06 bits per heavy atom. The summed E-state index contributed by atoms with van der Waals surface area (Å²) >= 11 is 0. The van der Waals surface area contributed by atoms with Crippen molar-refractivity contribution < 1.29 is 4.74 Å². The number of aromatic nitrogens is 1. The molecule has 18 heavy (non-hydrogen) atoms. The molecule has 0 saturated carbocycles. The van der Waals surface area contributed by atoms with E-state index in [1.54, 1.807) is 0 Å². The molecule has 0 bridgehead atoms. The van der Waals surface area contributed by atoms with Gasteiger partial charge < -0.3 is 10.1 Å². The molecule has 1 aliphatic heterocycles. The molecule has 0 radical (unpaired) electrons. The summed E-state index contributed by atoms with van der Waals surface area (Å²) in [5.74, 6) is 0.922. The predicted molar refractivity (Wildman–Crippen MR) is 72.9 cm³/mol. The van der Waals surface area contributed by atoms with Gasteiger partial charge in [-0.1, -0.05) is 6.07 Å². The molecule has 0 spiro atoms. The molecule has 0 unspecified atom stereocenters. The summed E-state index contributed by atoms with van der Waals surface area (Å²) < 4.78 is 6.17. The molecule has 1 fully saturated rings. The summed E-state index contributed by atoms with van der Waals surface area (Å²) in [6.07, 6.45) is 3.92. The van der Waals surface area contributed by atoms with Crippen molar-refractivity contribution in [3.05, 3.63) is 36.5 Å². The van der Waals surface area contributed by atoms with Crippen molar-refractivity contribution >= 4 is 10.9 Å². The number of rotatable bonds is 2. The molecule has 2 aromatic rings. The van der Waals surface area contributed by atoms with Gasteiger partial charge in [0.15, 0.2) is 0 Å². The molecule has 1 aromatic heterocycles. The molecular weight excluding hydrogens is 224 g/mol. The lowest BCUT2D eigenvalue weighted by atomic mass is 9.94. The van der Waals surface area contributed by atoms with Crippen molar-refractivity contribution in [3.63, 3.8) is 0 Å². The first-order valence-corrected chi connectivity index (χ1v) is 6.50. The van der Waals surface area contributed by atoms with E-state index in [2.05, 4.69) is 29.4 Å². The second-order valence-electron chi connectivity index (χ2n) is 5.16. The van der Waals surface area contributed by atoms with Crippen LogP contribution in [0, 0.1) is 0 Å². The van der Waals surface area contributed by atoms with Crippen LogP contribution in [0.1, 0.15) is 19.8 Å². The van der Waals surface area contributed by atoms with Gasteiger partial charge in [-0.05, 0) is 51.1 Å². The third kappa shape index (κ3) is 2.31. The Bertz CT molecular complexity index is 547. The van der Waals surface area contributed by atoms with Gasteiger partial charge in [-0.15, -0.1) is 0 Å². The normalized spacial score (nSPS) is 18.7. The Balaban J connectivity index is 1.85. The van der Waals surface area contributed by atoms with Gasteiger partial charge in [-0.3, -0.25) is 4.98 Å². The number of nitrogens with zero attached hydrogens (tertiary/aromatic N) is 1. The van der Waals surface area contributed by atoms with Crippen LogP contribution in [0.5, 0.6) is 5.75 Å². The van der Waals surface area contributed by atoms with Crippen molar-refractivity contribution in [3.8, 4) is 5.75 Å². The second-order valence-corrected chi connectivity index (χ2v) is 5.16. The molecule has 1 saturated heterocycles. The number of benzene rings is 1. The van der Waals surface area contributed by atoms with E-state index in [9.17, 15) is 0 Å². The Labute approximate surface area is 107 Å².